The average molecular weight is 247 g/mol. The van der Waals surface area contributed by atoms with Crippen molar-refractivity contribution in [3.8, 4) is 5.88 Å². The van der Waals surface area contributed by atoms with Crippen molar-refractivity contribution in [2.24, 2.45) is 0 Å². The Morgan fingerprint density at radius 2 is 1.94 bits per heavy atom. The predicted octanol–water partition coefficient (Wildman–Crippen LogP) is 1.63. The number of hydrogen-bond acceptors (Lipinski definition) is 5. The number of nitrogens with zero attached hydrogens (tertiary/aromatic N) is 3. The Morgan fingerprint density at radius 1 is 1.28 bits per heavy atom. The van der Waals surface area contributed by atoms with E-state index in [1.165, 1.54) is 18.5 Å². The number of pyridine rings is 1. The van der Waals surface area contributed by atoms with Gasteiger partial charge in [-0.05, 0) is 19.9 Å². The molecule has 2 aromatic heterocycles. The largest absolute Gasteiger partial charge is 0.405 e. The summed E-state index contributed by atoms with van der Waals surface area (Å²) in [5.74, 6) is -0.605. The predicted molar refractivity (Wildman–Crippen MR) is 64.6 cm³/mol. The van der Waals surface area contributed by atoms with Crippen molar-refractivity contribution in [1.29, 1.82) is 0 Å². The zero-order valence-corrected chi connectivity index (χ0v) is 10.6. The Morgan fingerprint density at radius 3 is 2.50 bits per heavy atom. The van der Waals surface area contributed by atoms with Gasteiger partial charge in [-0.15, -0.1) is 5.10 Å². The van der Waals surface area contributed by atoms with Crippen LogP contribution in [-0.2, 0) is 4.79 Å². The van der Waals surface area contributed by atoms with E-state index in [-0.39, 0.29) is 11.8 Å². The summed E-state index contributed by atoms with van der Waals surface area (Å²) < 4.78 is 6.23. The standard InChI is InChI=1S/C12H13N3O3/c1-6-5-10-11(7(2)13-6)12(18-9(4)17)14-15(10)8(3)16/h5H,1-4H3. The van der Waals surface area contributed by atoms with Crippen LogP contribution in [0.1, 0.15) is 30.0 Å². The maximum atomic E-state index is 11.5. The molecule has 2 rings (SSSR count). The van der Waals surface area contributed by atoms with E-state index in [0.29, 0.717) is 16.6 Å². The second-order valence-corrected chi connectivity index (χ2v) is 4.07. The monoisotopic (exact) mass is 247 g/mol. The molecule has 0 radical (unpaired) electrons. The van der Waals surface area contributed by atoms with E-state index in [4.69, 9.17) is 4.74 Å². The lowest BCUT2D eigenvalue weighted by Crippen LogP contribution is -2.08. The van der Waals surface area contributed by atoms with Crippen LogP contribution in [-0.4, -0.2) is 26.6 Å². The van der Waals surface area contributed by atoms with Crippen LogP contribution in [0.2, 0.25) is 0 Å². The Bertz CT molecular complexity index is 658. The summed E-state index contributed by atoms with van der Waals surface area (Å²) in [7, 11) is 0. The summed E-state index contributed by atoms with van der Waals surface area (Å²) >= 11 is 0. The van der Waals surface area contributed by atoms with E-state index in [1.807, 2.05) is 6.92 Å². The molecule has 0 aliphatic heterocycles. The molecule has 0 fully saturated rings. The summed E-state index contributed by atoms with van der Waals surface area (Å²) in [6, 6.07) is 1.74. The molecule has 6 nitrogen and oxygen atoms in total. The molecular formula is C12H13N3O3. The highest BCUT2D eigenvalue weighted by atomic mass is 16.5. The molecule has 18 heavy (non-hydrogen) atoms. The summed E-state index contributed by atoms with van der Waals surface area (Å²) in [5.41, 5.74) is 2.05. The number of aryl methyl sites for hydroxylation is 2. The number of carbonyl (C=O) groups is 2. The zero-order valence-electron chi connectivity index (χ0n) is 10.6. The van der Waals surface area contributed by atoms with Gasteiger partial charge in [0.1, 0.15) is 0 Å². The van der Waals surface area contributed by atoms with Crippen LogP contribution in [0.3, 0.4) is 0 Å². The normalized spacial score (nSPS) is 10.7. The highest BCUT2D eigenvalue weighted by Crippen LogP contribution is 2.28. The Hall–Kier alpha value is -2.24. The van der Waals surface area contributed by atoms with Crippen LogP contribution in [0.15, 0.2) is 6.07 Å². The first kappa shape index (κ1) is 12.2. The van der Waals surface area contributed by atoms with Gasteiger partial charge in [0.25, 0.3) is 5.88 Å². The molecule has 0 saturated heterocycles. The topological polar surface area (TPSA) is 74.1 Å². The average Bonchev–Trinajstić information content (AvgIpc) is 2.55. The van der Waals surface area contributed by atoms with Gasteiger partial charge in [-0.2, -0.15) is 4.68 Å². The number of fused-ring (bicyclic) bond motifs is 1. The third-order valence-corrected chi connectivity index (χ3v) is 2.48. The number of esters is 1. The van der Waals surface area contributed by atoms with Crippen molar-refractivity contribution in [2.45, 2.75) is 27.7 Å². The summed E-state index contributed by atoms with van der Waals surface area (Å²) in [6.07, 6.45) is 0. The van der Waals surface area contributed by atoms with E-state index in [1.54, 1.807) is 13.0 Å². The van der Waals surface area contributed by atoms with Crippen molar-refractivity contribution >= 4 is 22.8 Å². The molecule has 0 unspecified atom stereocenters. The second kappa shape index (κ2) is 4.21. The minimum atomic E-state index is -0.481. The van der Waals surface area contributed by atoms with Gasteiger partial charge in [0, 0.05) is 19.5 Å². The maximum Gasteiger partial charge on any atom is 0.309 e. The molecule has 0 N–H and O–H groups in total. The fraction of sp³-hybridized carbons (Fsp3) is 0.333. The van der Waals surface area contributed by atoms with Gasteiger partial charge in [0.15, 0.2) is 0 Å². The first-order valence-electron chi connectivity index (χ1n) is 5.46. The van der Waals surface area contributed by atoms with Gasteiger partial charge in [-0.25, -0.2) is 0 Å². The lowest BCUT2D eigenvalue weighted by Gasteiger charge is -2.01. The summed E-state index contributed by atoms with van der Waals surface area (Å²) in [5, 5.41) is 4.60. The smallest absolute Gasteiger partial charge is 0.309 e. The Kier molecular flexibility index (Phi) is 2.86. The van der Waals surface area contributed by atoms with Crippen molar-refractivity contribution < 1.29 is 14.3 Å². The van der Waals surface area contributed by atoms with Crippen molar-refractivity contribution in [2.75, 3.05) is 0 Å². The molecule has 0 aliphatic carbocycles. The molecule has 0 aliphatic rings. The van der Waals surface area contributed by atoms with Crippen molar-refractivity contribution in [3.05, 3.63) is 17.5 Å². The first-order chi connectivity index (χ1) is 8.40. The molecular weight excluding hydrogens is 234 g/mol. The molecule has 0 atom stereocenters. The highest BCUT2D eigenvalue weighted by molar-refractivity contribution is 5.95. The van der Waals surface area contributed by atoms with E-state index in [2.05, 4.69) is 10.1 Å². The number of aromatic nitrogens is 3. The van der Waals surface area contributed by atoms with Gasteiger partial charge in [0.05, 0.1) is 16.6 Å². The molecule has 94 valence electrons. The molecule has 2 aromatic rings. The molecule has 0 spiro atoms. The molecule has 2 heterocycles. The fourth-order valence-corrected chi connectivity index (χ4v) is 1.88. The molecule has 0 bridgehead atoms. The van der Waals surface area contributed by atoms with Crippen LogP contribution < -0.4 is 4.74 Å². The van der Waals surface area contributed by atoms with Gasteiger partial charge >= 0.3 is 5.97 Å². The Balaban J connectivity index is 2.80. The van der Waals surface area contributed by atoms with Crippen molar-refractivity contribution in [3.63, 3.8) is 0 Å². The van der Waals surface area contributed by atoms with Crippen LogP contribution in [0.4, 0.5) is 0 Å². The third kappa shape index (κ3) is 1.97. The minimum Gasteiger partial charge on any atom is -0.405 e. The molecule has 6 heteroatoms. The molecule has 0 saturated carbocycles. The lowest BCUT2D eigenvalue weighted by molar-refractivity contribution is -0.132. The van der Waals surface area contributed by atoms with Crippen molar-refractivity contribution in [1.82, 2.24) is 14.8 Å². The number of rotatable bonds is 1. The van der Waals surface area contributed by atoms with Crippen LogP contribution in [0.5, 0.6) is 5.88 Å². The quantitative estimate of drug-likeness (QED) is 0.716. The molecule has 0 amide bonds. The van der Waals surface area contributed by atoms with Gasteiger partial charge in [0.2, 0.25) is 5.91 Å². The van der Waals surface area contributed by atoms with Gasteiger partial charge in [-0.1, -0.05) is 0 Å². The fourth-order valence-electron chi connectivity index (χ4n) is 1.88. The molecule has 0 aromatic carbocycles. The van der Waals surface area contributed by atoms with E-state index in [9.17, 15) is 9.59 Å². The number of hydrogen-bond donors (Lipinski definition) is 0. The first-order valence-corrected chi connectivity index (χ1v) is 5.46. The van der Waals surface area contributed by atoms with Crippen LogP contribution in [0, 0.1) is 13.8 Å². The van der Waals surface area contributed by atoms with Crippen LogP contribution >= 0.6 is 0 Å². The summed E-state index contributed by atoms with van der Waals surface area (Å²) in [4.78, 5) is 26.8. The third-order valence-electron chi connectivity index (χ3n) is 2.48. The lowest BCUT2D eigenvalue weighted by atomic mass is 10.2. The maximum absolute atomic E-state index is 11.5. The minimum absolute atomic E-state index is 0.123. The van der Waals surface area contributed by atoms with Gasteiger partial charge < -0.3 is 4.74 Å². The SMILES string of the molecule is CC(=O)Oc1nn(C(C)=O)c2cc(C)nc(C)c12. The number of ether oxygens (including phenoxy) is 1. The van der Waals surface area contributed by atoms with E-state index in [0.717, 1.165) is 5.69 Å². The van der Waals surface area contributed by atoms with E-state index >= 15 is 0 Å². The zero-order chi connectivity index (χ0) is 13.4. The Labute approximate surface area is 104 Å². The second-order valence-electron chi connectivity index (χ2n) is 4.07. The number of carbonyl (C=O) groups excluding carboxylic acids is 2. The van der Waals surface area contributed by atoms with E-state index < -0.39 is 5.97 Å². The van der Waals surface area contributed by atoms with Gasteiger partial charge in [-0.3, -0.25) is 14.6 Å². The highest BCUT2D eigenvalue weighted by Gasteiger charge is 2.18. The summed E-state index contributed by atoms with van der Waals surface area (Å²) in [6.45, 7) is 6.30. The van der Waals surface area contributed by atoms with Crippen LogP contribution in [0.25, 0.3) is 10.9 Å².